The van der Waals surface area contributed by atoms with E-state index >= 15 is 0 Å². The summed E-state index contributed by atoms with van der Waals surface area (Å²) in [6.45, 7) is -4.52. The molecule has 0 rings (SSSR count). The Morgan fingerprint density at radius 3 is 1.10 bits per heavy atom. The molecule has 0 unspecified atom stereocenters. The van der Waals surface area contributed by atoms with Gasteiger partial charge in [0.15, 0.2) is 13.2 Å². The number of hydrogen-bond acceptors (Lipinski definition) is 0. The monoisotopic (exact) mass is 160 g/mol. The molecule has 0 aliphatic rings. The lowest BCUT2D eigenvalue weighted by atomic mass is 10.2. The van der Waals surface area contributed by atoms with Crippen LogP contribution in [0.1, 0.15) is 0 Å². The van der Waals surface area contributed by atoms with Crippen LogP contribution in [0.3, 0.4) is 0 Å². The van der Waals surface area contributed by atoms with Crippen LogP contribution < -0.4 is 0 Å². The minimum absolute atomic E-state index is 2.26. The molecular formula is C4H4F4O2. The Morgan fingerprint density at radius 1 is 0.800 bits per heavy atom. The van der Waals surface area contributed by atoms with E-state index < -0.39 is 25.1 Å². The number of rotatable bonds is 3. The summed E-state index contributed by atoms with van der Waals surface area (Å²) in [6, 6.07) is 0. The van der Waals surface area contributed by atoms with E-state index in [4.69, 9.17) is 0 Å². The molecule has 60 valence electrons. The molecule has 2 nitrogen and oxygen atoms in total. The lowest BCUT2D eigenvalue weighted by molar-refractivity contribution is -0.252. The maximum atomic E-state index is 11.7. The van der Waals surface area contributed by atoms with Crippen LogP contribution in [0.2, 0.25) is 0 Å². The molecule has 0 saturated carbocycles. The standard InChI is InChI=1S/C4H4F4O2/c5-3(6,1-9)4(7,8)2-10/h1-2H2. The van der Waals surface area contributed by atoms with E-state index in [-0.39, 0.29) is 0 Å². The average molecular weight is 160 g/mol. The largest absolute Gasteiger partial charge is 0.338 e. The van der Waals surface area contributed by atoms with Crippen molar-refractivity contribution >= 4 is 0 Å². The Labute approximate surface area is 54.1 Å². The second-order valence-electron chi connectivity index (χ2n) is 1.70. The van der Waals surface area contributed by atoms with Gasteiger partial charge in [-0.2, -0.15) is 17.6 Å². The summed E-state index contributed by atoms with van der Waals surface area (Å²) in [5, 5.41) is 18.8. The SMILES string of the molecule is [O]CC(F)(F)C(F)(F)C[O]. The van der Waals surface area contributed by atoms with E-state index in [0.717, 1.165) is 0 Å². The maximum Gasteiger partial charge on any atom is 0.338 e. The van der Waals surface area contributed by atoms with E-state index in [1.54, 1.807) is 0 Å². The highest BCUT2D eigenvalue weighted by atomic mass is 19.3. The molecule has 0 bridgehead atoms. The minimum atomic E-state index is -4.71. The van der Waals surface area contributed by atoms with Crippen LogP contribution in [0.5, 0.6) is 0 Å². The zero-order chi connectivity index (χ0) is 8.41. The predicted octanol–water partition coefficient (Wildman–Crippen LogP) is 1.12. The first kappa shape index (κ1) is 9.64. The molecule has 0 aromatic carbocycles. The molecule has 2 radical (unpaired) electrons. The third kappa shape index (κ3) is 1.57. The van der Waals surface area contributed by atoms with Crippen molar-refractivity contribution in [2.45, 2.75) is 11.8 Å². The molecule has 0 spiro atoms. The Kier molecular flexibility index (Phi) is 2.61. The molecule has 0 N–H and O–H groups in total. The predicted molar refractivity (Wildman–Crippen MR) is 21.0 cm³/mol. The molecular weight excluding hydrogens is 156 g/mol. The van der Waals surface area contributed by atoms with Crippen LogP contribution in [-0.2, 0) is 10.2 Å². The molecule has 0 amide bonds. The average Bonchev–Trinajstić information content (AvgIpc) is 1.88. The third-order valence-electron chi connectivity index (χ3n) is 0.898. The molecule has 0 fully saturated rings. The van der Waals surface area contributed by atoms with Crippen molar-refractivity contribution in [2.24, 2.45) is 0 Å². The first-order valence-corrected chi connectivity index (χ1v) is 2.29. The second-order valence-corrected chi connectivity index (χ2v) is 1.70. The lowest BCUT2D eigenvalue weighted by Gasteiger charge is -2.20. The van der Waals surface area contributed by atoms with Gasteiger partial charge in [0.05, 0.1) is 0 Å². The van der Waals surface area contributed by atoms with Crippen molar-refractivity contribution in [2.75, 3.05) is 13.2 Å². The Bertz CT molecular complexity index is 99.8. The minimum Gasteiger partial charge on any atom is -0.230 e. The quantitative estimate of drug-likeness (QED) is 0.555. The summed E-state index contributed by atoms with van der Waals surface area (Å²) in [4.78, 5) is 0. The topological polar surface area (TPSA) is 39.8 Å². The van der Waals surface area contributed by atoms with Crippen molar-refractivity contribution in [3.63, 3.8) is 0 Å². The summed E-state index contributed by atoms with van der Waals surface area (Å²) in [6.07, 6.45) is 0. The van der Waals surface area contributed by atoms with Gasteiger partial charge in [-0.1, -0.05) is 0 Å². The Morgan fingerprint density at radius 2 is 1.00 bits per heavy atom. The van der Waals surface area contributed by atoms with Crippen molar-refractivity contribution in [3.05, 3.63) is 0 Å². The molecule has 0 atom stereocenters. The van der Waals surface area contributed by atoms with Crippen molar-refractivity contribution in [1.82, 2.24) is 0 Å². The van der Waals surface area contributed by atoms with Crippen molar-refractivity contribution in [1.29, 1.82) is 0 Å². The number of halogens is 4. The molecule has 0 saturated heterocycles. The molecule has 0 aromatic heterocycles. The maximum absolute atomic E-state index is 11.7. The van der Waals surface area contributed by atoms with Gasteiger partial charge in [-0.05, 0) is 0 Å². The van der Waals surface area contributed by atoms with Gasteiger partial charge in [-0.25, -0.2) is 10.2 Å². The van der Waals surface area contributed by atoms with Crippen molar-refractivity contribution < 1.29 is 27.8 Å². The fraction of sp³-hybridized carbons (Fsp3) is 1.00. The van der Waals surface area contributed by atoms with E-state index in [1.165, 1.54) is 0 Å². The van der Waals surface area contributed by atoms with Crippen molar-refractivity contribution in [3.8, 4) is 0 Å². The van der Waals surface area contributed by atoms with Crippen LogP contribution in [0.4, 0.5) is 17.6 Å². The van der Waals surface area contributed by atoms with Gasteiger partial charge in [-0.15, -0.1) is 0 Å². The summed E-state index contributed by atoms with van der Waals surface area (Å²) in [7, 11) is 0. The number of alkyl halides is 4. The van der Waals surface area contributed by atoms with Gasteiger partial charge in [-0.3, -0.25) is 0 Å². The summed E-state index contributed by atoms with van der Waals surface area (Å²) < 4.78 is 46.7. The highest BCUT2D eigenvalue weighted by Gasteiger charge is 2.56. The fourth-order valence-corrected chi connectivity index (χ4v) is 0.211. The van der Waals surface area contributed by atoms with Crippen LogP contribution in [0, 0.1) is 0 Å². The van der Waals surface area contributed by atoms with Crippen LogP contribution in [0.15, 0.2) is 0 Å². The van der Waals surface area contributed by atoms with Gasteiger partial charge < -0.3 is 0 Å². The van der Waals surface area contributed by atoms with Crippen LogP contribution >= 0.6 is 0 Å². The highest BCUT2D eigenvalue weighted by molar-refractivity contribution is 4.82. The van der Waals surface area contributed by atoms with Gasteiger partial charge in [0.25, 0.3) is 0 Å². The van der Waals surface area contributed by atoms with E-state index in [2.05, 4.69) is 0 Å². The summed E-state index contributed by atoms with van der Waals surface area (Å²) in [5.41, 5.74) is 0. The normalized spacial score (nSPS) is 13.8. The first-order valence-electron chi connectivity index (χ1n) is 2.29. The zero-order valence-corrected chi connectivity index (χ0v) is 4.74. The molecule has 0 heterocycles. The Balaban J connectivity index is 4.28. The van der Waals surface area contributed by atoms with E-state index in [0.29, 0.717) is 0 Å². The molecule has 0 aliphatic heterocycles. The molecule has 10 heavy (non-hydrogen) atoms. The third-order valence-corrected chi connectivity index (χ3v) is 0.898. The van der Waals surface area contributed by atoms with Gasteiger partial charge in [0.2, 0.25) is 0 Å². The van der Waals surface area contributed by atoms with Gasteiger partial charge in [0.1, 0.15) is 0 Å². The second kappa shape index (κ2) is 2.71. The Hall–Kier alpha value is -0.360. The smallest absolute Gasteiger partial charge is 0.230 e. The zero-order valence-electron chi connectivity index (χ0n) is 4.74. The molecule has 0 aromatic rings. The lowest BCUT2D eigenvalue weighted by Crippen LogP contribution is -2.45. The van der Waals surface area contributed by atoms with Crippen LogP contribution in [-0.4, -0.2) is 25.1 Å². The van der Waals surface area contributed by atoms with Crippen LogP contribution in [0.25, 0.3) is 0 Å². The van der Waals surface area contributed by atoms with E-state index in [1.807, 2.05) is 0 Å². The van der Waals surface area contributed by atoms with E-state index in [9.17, 15) is 27.8 Å². The first-order chi connectivity index (χ1) is 4.37. The van der Waals surface area contributed by atoms with Gasteiger partial charge >= 0.3 is 11.8 Å². The highest BCUT2D eigenvalue weighted by Crippen LogP contribution is 2.33. The number of hydrogen-bond donors (Lipinski definition) is 0. The summed E-state index contributed by atoms with van der Waals surface area (Å²) in [5.74, 6) is -9.43. The summed E-state index contributed by atoms with van der Waals surface area (Å²) >= 11 is 0. The molecule has 0 aliphatic carbocycles. The molecule has 6 heteroatoms. The fourth-order valence-electron chi connectivity index (χ4n) is 0.211. The van der Waals surface area contributed by atoms with Gasteiger partial charge in [0, 0.05) is 0 Å².